The van der Waals surface area contributed by atoms with Gasteiger partial charge in [-0.2, -0.15) is 0 Å². The van der Waals surface area contributed by atoms with Crippen molar-refractivity contribution in [2.24, 2.45) is 0 Å². The molecule has 1 aliphatic rings. The first-order valence-electron chi connectivity index (χ1n) is 9.20. The van der Waals surface area contributed by atoms with Crippen molar-refractivity contribution in [1.29, 1.82) is 0 Å². The predicted molar refractivity (Wildman–Crippen MR) is 97.8 cm³/mol. The number of furan rings is 1. The minimum Gasteiger partial charge on any atom is -0.464 e. The van der Waals surface area contributed by atoms with Crippen LogP contribution in [0.4, 0.5) is 5.69 Å². The fraction of sp³-hybridized carbons (Fsp3) is 0.450. The largest absolute Gasteiger partial charge is 0.464 e. The Balaban J connectivity index is 1.76. The molecular formula is C20H24N2O4. The third-order valence-corrected chi connectivity index (χ3v) is 4.93. The number of nitro groups is 1. The van der Waals surface area contributed by atoms with Crippen LogP contribution in [0.15, 0.2) is 40.8 Å². The summed E-state index contributed by atoms with van der Waals surface area (Å²) in [6.07, 6.45) is 5.17. The van der Waals surface area contributed by atoms with Gasteiger partial charge in [-0.1, -0.05) is 31.9 Å². The molecule has 0 aliphatic carbocycles. The van der Waals surface area contributed by atoms with E-state index in [1.54, 1.807) is 12.1 Å². The van der Waals surface area contributed by atoms with E-state index in [4.69, 9.17) is 4.42 Å². The van der Waals surface area contributed by atoms with Gasteiger partial charge < -0.3 is 9.32 Å². The summed E-state index contributed by atoms with van der Waals surface area (Å²) >= 11 is 0. The maximum absolute atomic E-state index is 12.9. The van der Waals surface area contributed by atoms with Crippen molar-refractivity contribution in [3.8, 4) is 0 Å². The lowest BCUT2D eigenvalue weighted by molar-refractivity contribution is -0.384. The maximum Gasteiger partial charge on any atom is 0.269 e. The Morgan fingerprint density at radius 1 is 1.19 bits per heavy atom. The Kier molecular flexibility index (Phi) is 5.71. The van der Waals surface area contributed by atoms with Gasteiger partial charge in [0.1, 0.15) is 11.5 Å². The molecule has 1 fully saturated rings. The topological polar surface area (TPSA) is 76.6 Å². The smallest absolute Gasteiger partial charge is 0.269 e. The number of benzene rings is 1. The molecule has 6 heteroatoms. The average Bonchev–Trinajstić information content (AvgIpc) is 2.98. The van der Waals surface area contributed by atoms with Crippen molar-refractivity contribution in [3.63, 3.8) is 0 Å². The summed E-state index contributed by atoms with van der Waals surface area (Å²) in [4.78, 5) is 25.2. The van der Waals surface area contributed by atoms with Crippen LogP contribution in [0.5, 0.6) is 0 Å². The molecule has 26 heavy (non-hydrogen) atoms. The predicted octanol–water partition coefficient (Wildman–Crippen LogP) is 4.44. The third-order valence-electron chi connectivity index (χ3n) is 4.93. The SMILES string of the molecule is CCc1ccc(C2CCCCCN2C(=O)Cc2ccc([N+](=O)[O-])cc2)o1. The molecule has 0 bridgehead atoms. The summed E-state index contributed by atoms with van der Waals surface area (Å²) in [5, 5.41) is 10.8. The van der Waals surface area contributed by atoms with Crippen molar-refractivity contribution in [3.05, 3.63) is 63.6 Å². The van der Waals surface area contributed by atoms with Crippen LogP contribution in [-0.2, 0) is 17.6 Å². The quantitative estimate of drug-likeness (QED) is 0.586. The summed E-state index contributed by atoms with van der Waals surface area (Å²) in [5.41, 5.74) is 0.828. The molecule has 0 saturated carbocycles. The van der Waals surface area contributed by atoms with E-state index in [0.717, 1.165) is 55.7 Å². The lowest BCUT2D eigenvalue weighted by Gasteiger charge is -2.29. The van der Waals surface area contributed by atoms with Crippen LogP contribution in [0.2, 0.25) is 0 Å². The molecule has 6 nitrogen and oxygen atoms in total. The van der Waals surface area contributed by atoms with Crippen molar-refractivity contribution >= 4 is 11.6 Å². The first-order valence-corrected chi connectivity index (χ1v) is 9.20. The lowest BCUT2D eigenvalue weighted by atomic mass is 10.1. The van der Waals surface area contributed by atoms with Crippen molar-refractivity contribution in [2.75, 3.05) is 6.54 Å². The van der Waals surface area contributed by atoms with Gasteiger partial charge in [0.15, 0.2) is 0 Å². The minimum absolute atomic E-state index is 0.0247. The third kappa shape index (κ3) is 4.12. The fourth-order valence-electron chi connectivity index (χ4n) is 3.48. The Hall–Kier alpha value is -2.63. The minimum atomic E-state index is -0.432. The van der Waals surface area contributed by atoms with Crippen LogP contribution in [-0.4, -0.2) is 22.3 Å². The molecule has 1 unspecified atom stereocenters. The molecule has 1 amide bonds. The van der Waals surface area contributed by atoms with Crippen LogP contribution in [0.1, 0.15) is 55.7 Å². The van der Waals surface area contributed by atoms with Crippen LogP contribution in [0.3, 0.4) is 0 Å². The van der Waals surface area contributed by atoms with Crippen LogP contribution in [0.25, 0.3) is 0 Å². The number of amides is 1. The zero-order valence-electron chi connectivity index (χ0n) is 15.0. The maximum atomic E-state index is 12.9. The number of nitrogens with zero attached hydrogens (tertiary/aromatic N) is 2. The monoisotopic (exact) mass is 356 g/mol. The Morgan fingerprint density at radius 3 is 2.62 bits per heavy atom. The fourth-order valence-corrected chi connectivity index (χ4v) is 3.48. The number of hydrogen-bond acceptors (Lipinski definition) is 4. The zero-order valence-corrected chi connectivity index (χ0v) is 15.0. The van der Waals surface area contributed by atoms with Crippen molar-refractivity contribution in [2.45, 2.75) is 51.5 Å². The molecule has 0 radical (unpaired) electrons. The highest BCUT2D eigenvalue weighted by molar-refractivity contribution is 5.79. The number of carbonyl (C=O) groups is 1. The molecule has 0 spiro atoms. The first kappa shape index (κ1) is 18.2. The lowest BCUT2D eigenvalue weighted by Crippen LogP contribution is -2.35. The molecule has 2 heterocycles. The van der Waals surface area contributed by atoms with E-state index in [9.17, 15) is 14.9 Å². The van der Waals surface area contributed by atoms with Gasteiger partial charge >= 0.3 is 0 Å². The van der Waals surface area contributed by atoms with Gasteiger partial charge in [0.2, 0.25) is 5.91 Å². The summed E-state index contributed by atoms with van der Waals surface area (Å²) in [6.45, 7) is 2.77. The van der Waals surface area contributed by atoms with Crippen molar-refractivity contribution in [1.82, 2.24) is 4.90 Å². The second kappa shape index (κ2) is 8.17. The van der Waals surface area contributed by atoms with Gasteiger partial charge in [-0.15, -0.1) is 0 Å². The number of likely N-dealkylation sites (tertiary alicyclic amines) is 1. The van der Waals surface area contributed by atoms with Crippen LogP contribution < -0.4 is 0 Å². The van der Waals surface area contributed by atoms with E-state index in [-0.39, 0.29) is 24.1 Å². The van der Waals surface area contributed by atoms with Crippen molar-refractivity contribution < 1.29 is 14.1 Å². The number of aryl methyl sites for hydroxylation is 1. The van der Waals surface area contributed by atoms with Gasteiger partial charge in [0.25, 0.3) is 5.69 Å². The summed E-state index contributed by atoms with van der Waals surface area (Å²) < 4.78 is 5.93. The summed E-state index contributed by atoms with van der Waals surface area (Å²) in [6, 6.07) is 10.2. The molecule has 3 rings (SSSR count). The summed E-state index contributed by atoms with van der Waals surface area (Å²) in [7, 11) is 0. The standard InChI is InChI=1S/C20H24N2O4/c1-2-17-11-12-19(26-17)18-6-4-3-5-13-21(18)20(23)14-15-7-9-16(10-8-15)22(24)25/h7-12,18H,2-6,13-14H2,1H3. The van der Waals surface area contributed by atoms with E-state index in [1.807, 2.05) is 24.0 Å². The van der Waals surface area contributed by atoms with Crippen LogP contribution >= 0.6 is 0 Å². The number of rotatable bonds is 5. The van der Waals surface area contributed by atoms with Crippen LogP contribution in [0, 0.1) is 10.1 Å². The van der Waals surface area contributed by atoms with Gasteiger partial charge in [-0.3, -0.25) is 14.9 Å². The highest BCUT2D eigenvalue weighted by Gasteiger charge is 2.29. The second-order valence-electron chi connectivity index (χ2n) is 6.71. The molecule has 2 aromatic rings. The molecular weight excluding hydrogens is 332 g/mol. The molecule has 0 N–H and O–H groups in total. The molecule has 138 valence electrons. The average molecular weight is 356 g/mol. The molecule has 1 aromatic heterocycles. The Morgan fingerprint density at radius 2 is 1.96 bits per heavy atom. The summed E-state index contributed by atoms with van der Waals surface area (Å²) in [5.74, 6) is 1.84. The number of carbonyl (C=O) groups excluding carboxylic acids is 1. The number of non-ortho nitro benzene ring substituents is 1. The van der Waals surface area contributed by atoms with Gasteiger partial charge in [0.05, 0.1) is 17.4 Å². The highest BCUT2D eigenvalue weighted by atomic mass is 16.6. The van der Waals surface area contributed by atoms with E-state index < -0.39 is 4.92 Å². The Bertz CT molecular complexity index is 766. The second-order valence-corrected chi connectivity index (χ2v) is 6.71. The van der Waals surface area contributed by atoms with Gasteiger partial charge in [-0.25, -0.2) is 0 Å². The van der Waals surface area contributed by atoms with E-state index in [0.29, 0.717) is 0 Å². The van der Waals surface area contributed by atoms with Gasteiger partial charge in [-0.05, 0) is 30.5 Å². The van der Waals surface area contributed by atoms with Gasteiger partial charge in [0, 0.05) is 25.1 Å². The van der Waals surface area contributed by atoms with E-state index >= 15 is 0 Å². The number of nitro benzene ring substituents is 1. The zero-order chi connectivity index (χ0) is 18.5. The number of hydrogen-bond donors (Lipinski definition) is 0. The molecule has 1 atom stereocenters. The Labute approximate surface area is 153 Å². The first-order chi connectivity index (χ1) is 12.6. The molecule has 1 saturated heterocycles. The molecule has 1 aliphatic heterocycles. The highest BCUT2D eigenvalue weighted by Crippen LogP contribution is 2.32. The van der Waals surface area contributed by atoms with E-state index in [1.165, 1.54) is 12.1 Å². The molecule has 1 aromatic carbocycles. The van der Waals surface area contributed by atoms with E-state index in [2.05, 4.69) is 0 Å². The normalized spacial score (nSPS) is 17.7.